The topological polar surface area (TPSA) is 37.9 Å². The van der Waals surface area contributed by atoms with E-state index in [4.69, 9.17) is 14.4 Å². The first-order valence-electron chi connectivity index (χ1n) is 19.8. The van der Waals surface area contributed by atoms with Crippen molar-refractivity contribution in [2.75, 3.05) is 0 Å². The molecule has 4 heteroatoms. The standard InChI is InChI=1S/C54H36N2OS/c1-3-11-35(12-4-1)37-21-25-39(26-22-37)43-16-9-20-51-53(43)46-32-30-42(34-52(46)58-51)48-18-10-17-47(41-29-31-45-44-15-7-8-19-49(44)57-50(45)33-41)55-54(56-48)40-27-23-38(24-28-40)36-13-5-2-6-14-36/h1-9,11-17,19-34H,10,18H2/b47-17-,55-54-,56-48+. The lowest BCUT2D eigenvalue weighted by Gasteiger charge is -2.14. The van der Waals surface area contributed by atoms with Crippen molar-refractivity contribution in [3.8, 4) is 33.4 Å². The van der Waals surface area contributed by atoms with Crippen molar-refractivity contribution in [1.29, 1.82) is 0 Å². The molecule has 8 aromatic carbocycles. The van der Waals surface area contributed by atoms with E-state index in [9.17, 15) is 0 Å². The molecule has 0 atom stereocenters. The van der Waals surface area contributed by atoms with Crippen LogP contribution in [0.4, 0.5) is 0 Å². The van der Waals surface area contributed by atoms with E-state index < -0.39 is 0 Å². The molecule has 274 valence electrons. The molecular weight excluding hydrogens is 725 g/mol. The van der Waals surface area contributed by atoms with Gasteiger partial charge in [0, 0.05) is 42.1 Å². The molecule has 11 rings (SSSR count). The monoisotopic (exact) mass is 760 g/mol. The average Bonchev–Trinajstić information content (AvgIpc) is 3.85. The number of furan rings is 1. The molecule has 1 aliphatic rings. The molecule has 0 saturated heterocycles. The number of allylic oxidation sites excluding steroid dienone is 1. The maximum Gasteiger partial charge on any atom is 0.160 e. The third kappa shape index (κ3) is 6.25. The van der Waals surface area contributed by atoms with E-state index in [2.05, 4.69) is 176 Å². The molecule has 0 saturated carbocycles. The first-order chi connectivity index (χ1) is 28.7. The van der Waals surface area contributed by atoms with Gasteiger partial charge in [-0.1, -0.05) is 164 Å². The molecular formula is C54H36N2OS. The number of amidine groups is 1. The predicted molar refractivity (Wildman–Crippen MR) is 246 cm³/mol. The first-order valence-corrected chi connectivity index (χ1v) is 20.6. The summed E-state index contributed by atoms with van der Waals surface area (Å²) in [7, 11) is 0. The molecule has 10 aromatic rings. The number of thiophene rings is 1. The summed E-state index contributed by atoms with van der Waals surface area (Å²) in [5, 5.41) is 4.80. The van der Waals surface area contributed by atoms with Crippen LogP contribution in [-0.4, -0.2) is 11.5 Å². The van der Waals surface area contributed by atoms with Crippen molar-refractivity contribution >= 4 is 70.7 Å². The fraction of sp³-hybridized carbons (Fsp3) is 0.0370. The quantitative estimate of drug-likeness (QED) is 0.166. The Balaban J connectivity index is 0.987. The molecule has 0 radical (unpaired) electrons. The Morgan fingerprint density at radius 1 is 0.414 bits per heavy atom. The van der Waals surface area contributed by atoms with E-state index in [0.717, 1.165) is 68.4 Å². The van der Waals surface area contributed by atoms with E-state index in [0.29, 0.717) is 5.84 Å². The van der Waals surface area contributed by atoms with E-state index in [-0.39, 0.29) is 0 Å². The molecule has 2 aromatic heterocycles. The lowest BCUT2D eigenvalue weighted by molar-refractivity contribution is 0.669. The van der Waals surface area contributed by atoms with Crippen LogP contribution < -0.4 is 0 Å². The van der Waals surface area contributed by atoms with Crippen LogP contribution >= 0.6 is 11.3 Å². The molecule has 3 heterocycles. The summed E-state index contributed by atoms with van der Waals surface area (Å²) < 4.78 is 8.83. The van der Waals surface area contributed by atoms with Crippen LogP contribution in [0, 0.1) is 0 Å². The molecule has 3 nitrogen and oxygen atoms in total. The van der Waals surface area contributed by atoms with Gasteiger partial charge in [-0.25, -0.2) is 9.98 Å². The number of fused-ring (bicyclic) bond motifs is 6. The van der Waals surface area contributed by atoms with Gasteiger partial charge >= 0.3 is 0 Å². The van der Waals surface area contributed by atoms with Crippen molar-refractivity contribution in [1.82, 2.24) is 0 Å². The van der Waals surface area contributed by atoms with Gasteiger partial charge in [0.05, 0.1) is 11.4 Å². The second-order valence-electron chi connectivity index (χ2n) is 14.8. The molecule has 1 aliphatic heterocycles. The van der Waals surface area contributed by atoms with E-state index in [1.807, 2.05) is 29.5 Å². The Labute approximate surface area is 340 Å². The Hall–Kier alpha value is -7.14. The highest BCUT2D eigenvalue weighted by atomic mass is 32.1. The molecule has 0 unspecified atom stereocenters. The smallest absolute Gasteiger partial charge is 0.160 e. The third-order valence-electron chi connectivity index (χ3n) is 11.2. The van der Waals surface area contributed by atoms with Gasteiger partial charge in [-0.05, 0) is 82.1 Å². The van der Waals surface area contributed by atoms with Gasteiger partial charge < -0.3 is 4.42 Å². The summed E-state index contributed by atoms with van der Waals surface area (Å²) in [6, 6.07) is 66.8. The second-order valence-corrected chi connectivity index (χ2v) is 15.9. The fourth-order valence-corrected chi connectivity index (χ4v) is 9.45. The van der Waals surface area contributed by atoms with Crippen LogP contribution in [0.5, 0.6) is 0 Å². The van der Waals surface area contributed by atoms with Gasteiger partial charge in [-0.15, -0.1) is 11.3 Å². The van der Waals surface area contributed by atoms with Crippen LogP contribution in [0.3, 0.4) is 0 Å². The van der Waals surface area contributed by atoms with Gasteiger partial charge in [-0.2, -0.15) is 0 Å². The zero-order chi connectivity index (χ0) is 38.4. The average molecular weight is 761 g/mol. The van der Waals surface area contributed by atoms with Gasteiger partial charge in [0.25, 0.3) is 0 Å². The van der Waals surface area contributed by atoms with Crippen molar-refractivity contribution in [3.05, 3.63) is 211 Å². The highest BCUT2D eigenvalue weighted by Crippen LogP contribution is 2.41. The van der Waals surface area contributed by atoms with Crippen LogP contribution in [0.25, 0.3) is 81.2 Å². The first kappa shape index (κ1) is 34.1. The largest absolute Gasteiger partial charge is 0.456 e. The van der Waals surface area contributed by atoms with Crippen LogP contribution in [0.2, 0.25) is 0 Å². The van der Waals surface area contributed by atoms with Crippen molar-refractivity contribution in [3.63, 3.8) is 0 Å². The molecule has 0 fully saturated rings. The van der Waals surface area contributed by atoms with Crippen LogP contribution in [-0.2, 0) is 0 Å². The number of hydrogen-bond donors (Lipinski definition) is 0. The number of benzene rings is 8. The summed E-state index contributed by atoms with van der Waals surface area (Å²) in [5.41, 5.74) is 14.1. The van der Waals surface area contributed by atoms with Crippen molar-refractivity contribution in [2.45, 2.75) is 12.8 Å². The molecule has 0 spiro atoms. The van der Waals surface area contributed by atoms with Gasteiger partial charge in [-0.3, -0.25) is 0 Å². The van der Waals surface area contributed by atoms with E-state index in [1.165, 1.54) is 48.0 Å². The van der Waals surface area contributed by atoms with Gasteiger partial charge in [0.2, 0.25) is 0 Å². The normalized spacial score (nSPS) is 16.0. The predicted octanol–water partition coefficient (Wildman–Crippen LogP) is 15.0. The Morgan fingerprint density at radius 2 is 1.02 bits per heavy atom. The minimum atomic E-state index is 0.697. The summed E-state index contributed by atoms with van der Waals surface area (Å²) in [4.78, 5) is 10.8. The highest BCUT2D eigenvalue weighted by Gasteiger charge is 2.17. The van der Waals surface area contributed by atoms with Crippen molar-refractivity contribution < 1.29 is 4.42 Å². The van der Waals surface area contributed by atoms with E-state index in [1.54, 1.807) is 0 Å². The van der Waals surface area contributed by atoms with Crippen molar-refractivity contribution in [2.24, 2.45) is 9.98 Å². The number of hydrogen-bond acceptors (Lipinski definition) is 4. The van der Waals surface area contributed by atoms with Crippen LogP contribution in [0.1, 0.15) is 29.5 Å². The Bertz CT molecular complexity index is 3240. The molecule has 0 bridgehead atoms. The lowest BCUT2D eigenvalue weighted by atomic mass is 9.96. The second kappa shape index (κ2) is 14.4. The van der Waals surface area contributed by atoms with Gasteiger partial charge in [0.1, 0.15) is 11.2 Å². The molecule has 0 amide bonds. The summed E-state index contributed by atoms with van der Waals surface area (Å²) >= 11 is 1.85. The number of nitrogens with zero attached hydrogens (tertiary/aromatic N) is 2. The van der Waals surface area contributed by atoms with E-state index >= 15 is 0 Å². The molecule has 0 N–H and O–H groups in total. The fourth-order valence-electron chi connectivity index (χ4n) is 8.28. The lowest BCUT2D eigenvalue weighted by Crippen LogP contribution is -2.09. The Kier molecular flexibility index (Phi) is 8.49. The zero-order valence-electron chi connectivity index (χ0n) is 31.6. The molecule has 0 aliphatic carbocycles. The minimum absolute atomic E-state index is 0.697. The highest BCUT2D eigenvalue weighted by molar-refractivity contribution is 7.26. The summed E-state index contributed by atoms with van der Waals surface area (Å²) in [6.45, 7) is 0. The third-order valence-corrected chi connectivity index (χ3v) is 12.4. The van der Waals surface area contributed by atoms with Crippen LogP contribution in [0.15, 0.2) is 209 Å². The zero-order valence-corrected chi connectivity index (χ0v) is 32.4. The maximum absolute atomic E-state index is 6.29. The number of para-hydroxylation sites is 1. The maximum atomic E-state index is 6.29. The van der Waals surface area contributed by atoms with Gasteiger partial charge in [0.15, 0.2) is 5.84 Å². The SMILES string of the molecule is C1=C(c2ccc3c(c2)oc2ccccc23)/N=C(c2ccc(-c3ccccc3)cc2)\N=C(\c2ccc3c(c2)sc2cccc(-c4ccc(-c5ccccc5)cc4)c23)CC\1. The summed E-state index contributed by atoms with van der Waals surface area (Å²) in [6.07, 6.45) is 3.85. The number of aliphatic imine (C=N–C) groups is 2. The Morgan fingerprint density at radius 3 is 1.78 bits per heavy atom. The molecule has 58 heavy (non-hydrogen) atoms. The summed E-state index contributed by atoms with van der Waals surface area (Å²) in [5.74, 6) is 0.697. The number of rotatable bonds is 6. The minimum Gasteiger partial charge on any atom is -0.456 e.